The fraction of sp³-hybridized carbons (Fsp3) is 0.562. The predicted molar refractivity (Wildman–Crippen MR) is 83.1 cm³/mol. The summed E-state index contributed by atoms with van der Waals surface area (Å²) in [5.74, 6) is 1.42. The van der Waals surface area contributed by atoms with Crippen LogP contribution in [0, 0.1) is 6.92 Å². The normalized spacial score (nSPS) is 17.0. The molecule has 0 atom stereocenters. The molecule has 1 aliphatic rings. The molecular formula is C16H25N3O. The molecule has 0 spiro atoms. The van der Waals surface area contributed by atoms with Crippen LogP contribution in [0.15, 0.2) is 23.2 Å². The van der Waals surface area contributed by atoms with E-state index in [9.17, 15) is 0 Å². The van der Waals surface area contributed by atoms with E-state index in [2.05, 4.69) is 23.3 Å². The van der Waals surface area contributed by atoms with E-state index in [1.165, 1.54) is 37.7 Å². The lowest BCUT2D eigenvalue weighted by atomic mass is 9.96. The third kappa shape index (κ3) is 4.15. The van der Waals surface area contributed by atoms with Crippen LogP contribution in [0.2, 0.25) is 0 Å². The second-order valence-corrected chi connectivity index (χ2v) is 5.50. The molecule has 0 radical (unpaired) electrons. The van der Waals surface area contributed by atoms with E-state index in [1.807, 2.05) is 12.1 Å². The van der Waals surface area contributed by atoms with E-state index >= 15 is 0 Å². The van der Waals surface area contributed by atoms with Crippen LogP contribution in [-0.2, 0) is 6.54 Å². The van der Waals surface area contributed by atoms with Crippen molar-refractivity contribution >= 4 is 5.96 Å². The van der Waals surface area contributed by atoms with Gasteiger partial charge in [0.2, 0.25) is 0 Å². The average Bonchev–Trinajstić information content (AvgIpc) is 2.47. The molecule has 0 bridgehead atoms. The highest BCUT2D eigenvalue weighted by Gasteiger charge is 2.13. The number of nitrogens with two attached hydrogens (primary N) is 1. The number of methoxy groups -OCH3 is 1. The van der Waals surface area contributed by atoms with Gasteiger partial charge in [0.25, 0.3) is 0 Å². The molecule has 2 rings (SSSR count). The summed E-state index contributed by atoms with van der Waals surface area (Å²) in [6.45, 7) is 2.60. The summed E-state index contributed by atoms with van der Waals surface area (Å²) in [7, 11) is 1.69. The summed E-state index contributed by atoms with van der Waals surface area (Å²) >= 11 is 0. The molecule has 1 aromatic rings. The Labute approximate surface area is 121 Å². The molecule has 20 heavy (non-hydrogen) atoms. The fourth-order valence-corrected chi connectivity index (χ4v) is 2.65. The quantitative estimate of drug-likeness (QED) is 0.656. The highest BCUT2D eigenvalue weighted by Crippen LogP contribution is 2.21. The largest absolute Gasteiger partial charge is 0.496 e. The number of rotatable bonds is 4. The first-order valence-corrected chi connectivity index (χ1v) is 7.39. The van der Waals surface area contributed by atoms with E-state index in [0.717, 1.165) is 11.3 Å². The zero-order valence-electron chi connectivity index (χ0n) is 12.5. The van der Waals surface area contributed by atoms with Crippen molar-refractivity contribution in [1.82, 2.24) is 5.32 Å². The molecule has 1 aliphatic carbocycles. The van der Waals surface area contributed by atoms with Crippen molar-refractivity contribution in [2.24, 2.45) is 10.7 Å². The molecule has 0 unspecified atom stereocenters. The Hall–Kier alpha value is -1.71. The van der Waals surface area contributed by atoms with E-state index in [-0.39, 0.29) is 0 Å². The number of hydrogen-bond donors (Lipinski definition) is 2. The number of nitrogens with zero attached hydrogens (tertiary/aromatic N) is 1. The molecule has 1 saturated carbocycles. The van der Waals surface area contributed by atoms with Gasteiger partial charge in [-0.2, -0.15) is 0 Å². The Morgan fingerprint density at radius 3 is 2.80 bits per heavy atom. The first-order chi connectivity index (χ1) is 9.69. The van der Waals surface area contributed by atoms with Gasteiger partial charge in [0.05, 0.1) is 13.7 Å². The van der Waals surface area contributed by atoms with Crippen molar-refractivity contribution in [1.29, 1.82) is 0 Å². The molecule has 4 heteroatoms. The molecular weight excluding hydrogens is 250 g/mol. The van der Waals surface area contributed by atoms with Crippen LogP contribution in [0.1, 0.15) is 43.2 Å². The van der Waals surface area contributed by atoms with Crippen molar-refractivity contribution < 1.29 is 4.74 Å². The summed E-state index contributed by atoms with van der Waals surface area (Å²) in [6.07, 6.45) is 6.32. The summed E-state index contributed by atoms with van der Waals surface area (Å²) in [5, 5.41) is 3.32. The van der Waals surface area contributed by atoms with Gasteiger partial charge in [0.15, 0.2) is 5.96 Å². The van der Waals surface area contributed by atoms with Gasteiger partial charge in [-0.05, 0) is 31.4 Å². The number of benzene rings is 1. The minimum Gasteiger partial charge on any atom is -0.496 e. The SMILES string of the molecule is COc1cc(C)ccc1CN=C(N)NC1CCCCC1. The van der Waals surface area contributed by atoms with Gasteiger partial charge in [0.1, 0.15) is 5.75 Å². The van der Waals surface area contributed by atoms with Gasteiger partial charge in [-0.3, -0.25) is 0 Å². The Morgan fingerprint density at radius 2 is 2.10 bits per heavy atom. The minimum atomic E-state index is 0.493. The van der Waals surface area contributed by atoms with Crippen molar-refractivity contribution in [2.75, 3.05) is 7.11 Å². The molecule has 0 aliphatic heterocycles. The van der Waals surface area contributed by atoms with Crippen LogP contribution < -0.4 is 15.8 Å². The van der Waals surface area contributed by atoms with Crippen molar-refractivity contribution in [3.05, 3.63) is 29.3 Å². The molecule has 0 heterocycles. The topological polar surface area (TPSA) is 59.6 Å². The van der Waals surface area contributed by atoms with Gasteiger partial charge in [-0.15, -0.1) is 0 Å². The van der Waals surface area contributed by atoms with Crippen molar-refractivity contribution in [3.8, 4) is 5.75 Å². The van der Waals surface area contributed by atoms with Crippen LogP contribution in [0.5, 0.6) is 5.75 Å². The van der Waals surface area contributed by atoms with Gasteiger partial charge in [-0.1, -0.05) is 31.4 Å². The molecule has 110 valence electrons. The maximum absolute atomic E-state index is 5.97. The summed E-state index contributed by atoms with van der Waals surface area (Å²) in [5.41, 5.74) is 8.22. The first-order valence-electron chi connectivity index (χ1n) is 7.39. The van der Waals surface area contributed by atoms with E-state index < -0.39 is 0 Å². The smallest absolute Gasteiger partial charge is 0.189 e. The molecule has 1 fully saturated rings. The van der Waals surface area contributed by atoms with Gasteiger partial charge >= 0.3 is 0 Å². The van der Waals surface area contributed by atoms with Crippen LogP contribution in [0.3, 0.4) is 0 Å². The van der Waals surface area contributed by atoms with Gasteiger partial charge in [-0.25, -0.2) is 4.99 Å². The molecule has 0 aromatic heterocycles. The second kappa shape index (κ2) is 7.17. The second-order valence-electron chi connectivity index (χ2n) is 5.50. The lowest BCUT2D eigenvalue weighted by molar-refractivity contribution is 0.408. The third-order valence-electron chi connectivity index (χ3n) is 3.82. The predicted octanol–water partition coefficient (Wildman–Crippen LogP) is 2.74. The number of aliphatic imine (C=N–C) groups is 1. The number of hydrogen-bond acceptors (Lipinski definition) is 2. The monoisotopic (exact) mass is 275 g/mol. The maximum Gasteiger partial charge on any atom is 0.189 e. The van der Waals surface area contributed by atoms with Crippen molar-refractivity contribution in [3.63, 3.8) is 0 Å². The third-order valence-corrected chi connectivity index (χ3v) is 3.82. The summed E-state index contributed by atoms with van der Waals surface area (Å²) in [4.78, 5) is 4.43. The lowest BCUT2D eigenvalue weighted by Gasteiger charge is -2.23. The lowest BCUT2D eigenvalue weighted by Crippen LogP contribution is -2.41. The van der Waals surface area contributed by atoms with Crippen molar-refractivity contribution in [2.45, 2.75) is 51.6 Å². The van der Waals surface area contributed by atoms with E-state index in [1.54, 1.807) is 7.11 Å². The minimum absolute atomic E-state index is 0.493. The zero-order chi connectivity index (χ0) is 14.4. The summed E-state index contributed by atoms with van der Waals surface area (Å²) < 4.78 is 5.38. The number of guanidine groups is 1. The molecule has 1 aromatic carbocycles. The highest BCUT2D eigenvalue weighted by molar-refractivity contribution is 5.78. The van der Waals surface area contributed by atoms with Crippen LogP contribution in [0.4, 0.5) is 0 Å². The number of aryl methyl sites for hydroxylation is 1. The number of ether oxygens (including phenoxy) is 1. The number of nitrogens with one attached hydrogen (secondary N) is 1. The van der Waals surface area contributed by atoms with Crippen LogP contribution >= 0.6 is 0 Å². The van der Waals surface area contributed by atoms with Crippen LogP contribution in [-0.4, -0.2) is 19.1 Å². The first kappa shape index (κ1) is 14.7. The molecule has 4 nitrogen and oxygen atoms in total. The van der Waals surface area contributed by atoms with E-state index in [0.29, 0.717) is 18.5 Å². The van der Waals surface area contributed by atoms with Gasteiger partial charge in [0, 0.05) is 11.6 Å². The molecule has 3 N–H and O–H groups in total. The maximum atomic E-state index is 5.97. The fourth-order valence-electron chi connectivity index (χ4n) is 2.65. The highest BCUT2D eigenvalue weighted by atomic mass is 16.5. The zero-order valence-corrected chi connectivity index (χ0v) is 12.5. The summed E-state index contributed by atoms with van der Waals surface area (Å²) in [6, 6.07) is 6.63. The van der Waals surface area contributed by atoms with Gasteiger partial charge < -0.3 is 15.8 Å². The molecule has 0 amide bonds. The van der Waals surface area contributed by atoms with E-state index in [4.69, 9.17) is 10.5 Å². The Bertz CT molecular complexity index is 465. The Balaban J connectivity index is 1.93. The Morgan fingerprint density at radius 1 is 1.35 bits per heavy atom. The van der Waals surface area contributed by atoms with Crippen LogP contribution in [0.25, 0.3) is 0 Å². The average molecular weight is 275 g/mol. The Kier molecular flexibility index (Phi) is 5.27. The standard InChI is InChI=1S/C16H25N3O/c1-12-8-9-13(15(10-12)20-2)11-18-16(17)19-14-6-4-3-5-7-14/h8-10,14H,3-7,11H2,1-2H3,(H3,17,18,19). The molecule has 0 saturated heterocycles.